The van der Waals surface area contributed by atoms with Gasteiger partial charge in [-0.05, 0) is 42.8 Å². The number of halogens is 1. The van der Waals surface area contributed by atoms with Crippen molar-refractivity contribution in [2.75, 3.05) is 10.6 Å². The molecule has 7 nitrogen and oxygen atoms in total. The lowest BCUT2D eigenvalue weighted by molar-refractivity contribution is -0.116. The maximum atomic E-state index is 12.6. The second kappa shape index (κ2) is 8.46. The molecule has 0 aliphatic rings. The predicted octanol–water partition coefficient (Wildman–Crippen LogP) is 3.91. The fourth-order valence-electron chi connectivity index (χ4n) is 2.51. The van der Waals surface area contributed by atoms with Crippen molar-refractivity contribution >= 4 is 34.8 Å². The van der Waals surface area contributed by atoms with Crippen LogP contribution in [0.1, 0.15) is 30.1 Å². The molecule has 0 fully saturated rings. The minimum Gasteiger partial charge on any atom is -0.326 e. The second-order valence-corrected chi connectivity index (χ2v) is 6.27. The number of hydrogen-bond donors (Lipinski definition) is 2. The second-order valence-electron chi connectivity index (χ2n) is 5.87. The van der Waals surface area contributed by atoms with Crippen molar-refractivity contribution in [3.8, 4) is 5.69 Å². The first-order valence-electron chi connectivity index (χ1n) is 8.42. The molecule has 0 saturated heterocycles. The van der Waals surface area contributed by atoms with E-state index in [0.717, 1.165) is 12.1 Å². The van der Waals surface area contributed by atoms with Gasteiger partial charge in [0.2, 0.25) is 5.91 Å². The number of benzene rings is 2. The number of amides is 2. The summed E-state index contributed by atoms with van der Waals surface area (Å²) in [6.07, 6.45) is 4.31. The predicted molar refractivity (Wildman–Crippen MR) is 104 cm³/mol. The van der Waals surface area contributed by atoms with Crippen LogP contribution >= 0.6 is 11.6 Å². The fourth-order valence-corrected chi connectivity index (χ4v) is 2.77. The Hall–Kier alpha value is -3.19. The first-order valence-corrected chi connectivity index (χ1v) is 8.80. The van der Waals surface area contributed by atoms with Crippen molar-refractivity contribution in [1.82, 2.24) is 14.8 Å². The first kappa shape index (κ1) is 18.6. The van der Waals surface area contributed by atoms with Crippen LogP contribution in [0.3, 0.4) is 0 Å². The van der Waals surface area contributed by atoms with Crippen molar-refractivity contribution in [2.24, 2.45) is 0 Å². The lowest BCUT2D eigenvalue weighted by Gasteiger charge is -2.10. The van der Waals surface area contributed by atoms with Crippen LogP contribution in [-0.2, 0) is 4.79 Å². The van der Waals surface area contributed by atoms with Gasteiger partial charge in [0.15, 0.2) is 0 Å². The van der Waals surface area contributed by atoms with Gasteiger partial charge in [0.25, 0.3) is 5.91 Å². The van der Waals surface area contributed by atoms with Gasteiger partial charge in [0.1, 0.15) is 12.7 Å². The van der Waals surface area contributed by atoms with E-state index in [4.69, 9.17) is 11.6 Å². The number of carbonyl (C=O) groups is 2. The quantitative estimate of drug-likeness (QED) is 0.675. The van der Waals surface area contributed by atoms with Gasteiger partial charge < -0.3 is 10.6 Å². The number of nitrogens with one attached hydrogen (secondary N) is 2. The average Bonchev–Trinajstić information content (AvgIpc) is 3.16. The Morgan fingerprint density at radius 2 is 1.74 bits per heavy atom. The van der Waals surface area contributed by atoms with Gasteiger partial charge in [-0.3, -0.25) is 14.2 Å². The zero-order chi connectivity index (χ0) is 19.2. The van der Waals surface area contributed by atoms with Crippen LogP contribution < -0.4 is 10.6 Å². The molecule has 0 saturated carbocycles. The number of hydrogen-bond acceptors (Lipinski definition) is 4. The Balaban J connectivity index is 1.73. The molecule has 1 heterocycles. The summed E-state index contributed by atoms with van der Waals surface area (Å²) in [7, 11) is 0. The molecule has 0 bridgehead atoms. The zero-order valence-corrected chi connectivity index (χ0v) is 15.4. The van der Waals surface area contributed by atoms with Crippen LogP contribution in [0, 0.1) is 0 Å². The highest BCUT2D eigenvalue weighted by atomic mass is 35.5. The van der Waals surface area contributed by atoms with Gasteiger partial charge in [-0.2, -0.15) is 0 Å². The van der Waals surface area contributed by atoms with E-state index >= 15 is 0 Å². The Morgan fingerprint density at radius 1 is 1.04 bits per heavy atom. The van der Waals surface area contributed by atoms with Gasteiger partial charge in [0.05, 0.1) is 10.6 Å². The standard InChI is InChI=1S/C19H18ClN5O2/c1-2-4-18(26)23-13-5-3-6-14(9-13)24-19(27)16-8-7-15(10-17(16)20)25-11-21-22-12-25/h3,5-12H,2,4H2,1H3,(H,23,26)(H,24,27). The lowest BCUT2D eigenvalue weighted by Crippen LogP contribution is -2.14. The highest BCUT2D eigenvalue weighted by molar-refractivity contribution is 6.34. The maximum absolute atomic E-state index is 12.6. The minimum absolute atomic E-state index is 0.0615. The molecule has 0 unspecified atom stereocenters. The van der Waals surface area contributed by atoms with Crippen LogP contribution in [0.15, 0.2) is 55.1 Å². The fraction of sp³-hybridized carbons (Fsp3) is 0.158. The molecule has 2 amide bonds. The number of anilines is 2. The number of rotatable bonds is 6. The van der Waals surface area contributed by atoms with Crippen LogP contribution in [0.5, 0.6) is 0 Å². The van der Waals surface area contributed by atoms with E-state index in [1.54, 1.807) is 59.7 Å². The Bertz CT molecular complexity index is 956. The molecule has 0 atom stereocenters. The SMILES string of the molecule is CCCC(=O)Nc1cccc(NC(=O)c2ccc(-n3cnnc3)cc2Cl)c1. The highest BCUT2D eigenvalue weighted by Crippen LogP contribution is 2.22. The van der Waals surface area contributed by atoms with E-state index in [0.29, 0.717) is 28.4 Å². The molecule has 0 radical (unpaired) electrons. The zero-order valence-electron chi connectivity index (χ0n) is 14.6. The van der Waals surface area contributed by atoms with Crippen molar-refractivity contribution in [1.29, 1.82) is 0 Å². The van der Waals surface area contributed by atoms with E-state index in [9.17, 15) is 9.59 Å². The highest BCUT2D eigenvalue weighted by Gasteiger charge is 2.12. The number of nitrogens with zero attached hydrogens (tertiary/aromatic N) is 3. The number of aromatic nitrogens is 3. The molecule has 0 aliphatic heterocycles. The Kier molecular flexibility index (Phi) is 5.83. The number of carbonyl (C=O) groups excluding carboxylic acids is 2. The molecule has 3 rings (SSSR count). The smallest absolute Gasteiger partial charge is 0.257 e. The van der Waals surface area contributed by atoms with Crippen LogP contribution in [0.25, 0.3) is 5.69 Å². The lowest BCUT2D eigenvalue weighted by atomic mass is 10.1. The summed E-state index contributed by atoms with van der Waals surface area (Å²) in [4.78, 5) is 24.3. The summed E-state index contributed by atoms with van der Waals surface area (Å²) in [5, 5.41) is 13.4. The van der Waals surface area contributed by atoms with E-state index in [-0.39, 0.29) is 11.8 Å². The largest absolute Gasteiger partial charge is 0.326 e. The molecule has 3 aromatic rings. The molecule has 0 spiro atoms. The normalized spacial score (nSPS) is 10.4. The third-order valence-corrected chi connectivity index (χ3v) is 4.11. The van der Waals surface area contributed by atoms with Gasteiger partial charge >= 0.3 is 0 Å². The third kappa shape index (κ3) is 4.71. The molecule has 27 heavy (non-hydrogen) atoms. The summed E-state index contributed by atoms with van der Waals surface area (Å²) >= 11 is 6.27. The van der Waals surface area contributed by atoms with Crippen LogP contribution in [0.2, 0.25) is 5.02 Å². The van der Waals surface area contributed by atoms with E-state index in [1.165, 1.54) is 0 Å². The van der Waals surface area contributed by atoms with E-state index < -0.39 is 0 Å². The minimum atomic E-state index is -0.340. The first-order chi connectivity index (χ1) is 13.1. The summed E-state index contributed by atoms with van der Waals surface area (Å²) in [6.45, 7) is 1.94. The molecule has 2 N–H and O–H groups in total. The van der Waals surface area contributed by atoms with Crippen molar-refractivity contribution < 1.29 is 9.59 Å². The van der Waals surface area contributed by atoms with Gasteiger partial charge in [0, 0.05) is 23.5 Å². The summed E-state index contributed by atoms with van der Waals surface area (Å²) in [5.41, 5.74) is 2.28. The molecule has 1 aromatic heterocycles. The van der Waals surface area contributed by atoms with E-state index in [2.05, 4.69) is 20.8 Å². The molecule has 0 aliphatic carbocycles. The van der Waals surface area contributed by atoms with Crippen molar-refractivity contribution in [3.05, 3.63) is 65.7 Å². The van der Waals surface area contributed by atoms with Gasteiger partial charge in [-0.25, -0.2) is 0 Å². The third-order valence-electron chi connectivity index (χ3n) is 3.80. The van der Waals surface area contributed by atoms with Crippen LogP contribution in [-0.4, -0.2) is 26.6 Å². The molecule has 138 valence electrons. The topological polar surface area (TPSA) is 88.9 Å². The Morgan fingerprint density at radius 3 is 2.41 bits per heavy atom. The van der Waals surface area contributed by atoms with Crippen molar-refractivity contribution in [2.45, 2.75) is 19.8 Å². The Labute approximate surface area is 161 Å². The van der Waals surface area contributed by atoms with Gasteiger partial charge in [-0.1, -0.05) is 24.6 Å². The van der Waals surface area contributed by atoms with Gasteiger partial charge in [-0.15, -0.1) is 10.2 Å². The van der Waals surface area contributed by atoms with E-state index in [1.807, 2.05) is 6.92 Å². The summed E-state index contributed by atoms with van der Waals surface area (Å²) < 4.78 is 1.69. The molecule has 8 heteroatoms. The molecule has 2 aromatic carbocycles. The van der Waals surface area contributed by atoms with Crippen molar-refractivity contribution in [3.63, 3.8) is 0 Å². The van der Waals surface area contributed by atoms with Crippen LogP contribution in [0.4, 0.5) is 11.4 Å². The summed E-state index contributed by atoms with van der Waals surface area (Å²) in [6, 6.07) is 12.0. The molecular formula is C19H18ClN5O2. The average molecular weight is 384 g/mol. The maximum Gasteiger partial charge on any atom is 0.257 e. The monoisotopic (exact) mass is 383 g/mol. The molecular weight excluding hydrogens is 366 g/mol. The summed E-state index contributed by atoms with van der Waals surface area (Å²) in [5.74, 6) is -0.402.